The molecule has 1 saturated carbocycles. The molecular weight excluding hydrogens is 314 g/mol. The maximum absolute atomic E-state index is 12.6. The summed E-state index contributed by atoms with van der Waals surface area (Å²) >= 11 is 0. The highest BCUT2D eigenvalue weighted by molar-refractivity contribution is 6.34. The highest BCUT2D eigenvalue weighted by atomic mass is 16.2. The Kier molecular flexibility index (Phi) is 6.08. The molecule has 1 heterocycles. The molecule has 25 heavy (non-hydrogen) atoms. The van der Waals surface area contributed by atoms with Crippen molar-refractivity contribution in [2.45, 2.75) is 44.7 Å². The molecule has 1 aliphatic heterocycles. The number of benzene rings is 1. The van der Waals surface area contributed by atoms with Crippen molar-refractivity contribution in [1.29, 1.82) is 0 Å². The summed E-state index contributed by atoms with van der Waals surface area (Å²) in [6.45, 7) is 3.81. The molecule has 0 spiro atoms. The van der Waals surface area contributed by atoms with E-state index in [1.165, 1.54) is 12.0 Å². The van der Waals surface area contributed by atoms with Gasteiger partial charge in [-0.05, 0) is 18.4 Å². The third kappa shape index (κ3) is 4.60. The molecule has 136 valence electrons. The summed E-state index contributed by atoms with van der Waals surface area (Å²) in [5.74, 6) is -0.657. The van der Waals surface area contributed by atoms with Crippen LogP contribution in [0.1, 0.15) is 37.7 Å². The molecule has 0 N–H and O–H groups in total. The fraction of sp³-hybridized carbons (Fsp3) is 0.600. The van der Waals surface area contributed by atoms with Crippen LogP contribution in [0.3, 0.4) is 0 Å². The molecule has 2 amide bonds. The molecule has 1 aromatic carbocycles. The maximum Gasteiger partial charge on any atom is 0.312 e. The van der Waals surface area contributed by atoms with Crippen molar-refractivity contribution in [2.24, 2.45) is 0 Å². The minimum absolute atomic E-state index is 0.240. The Labute approximate surface area is 150 Å². The predicted molar refractivity (Wildman–Crippen MR) is 97.9 cm³/mol. The average molecular weight is 343 g/mol. The van der Waals surface area contributed by atoms with Crippen LogP contribution in [-0.2, 0) is 16.1 Å². The van der Waals surface area contributed by atoms with Crippen LogP contribution in [0.25, 0.3) is 0 Å². The summed E-state index contributed by atoms with van der Waals surface area (Å²) in [4.78, 5) is 30.9. The van der Waals surface area contributed by atoms with Gasteiger partial charge in [0, 0.05) is 45.8 Å². The number of amides is 2. The van der Waals surface area contributed by atoms with Crippen molar-refractivity contribution in [2.75, 3.05) is 33.2 Å². The van der Waals surface area contributed by atoms with Gasteiger partial charge < -0.3 is 9.80 Å². The van der Waals surface area contributed by atoms with Gasteiger partial charge in [0.1, 0.15) is 0 Å². The van der Waals surface area contributed by atoms with E-state index in [-0.39, 0.29) is 17.9 Å². The van der Waals surface area contributed by atoms with E-state index in [1.807, 2.05) is 6.07 Å². The number of hydrogen-bond acceptors (Lipinski definition) is 3. The second kappa shape index (κ2) is 8.48. The van der Waals surface area contributed by atoms with Crippen LogP contribution >= 0.6 is 0 Å². The van der Waals surface area contributed by atoms with E-state index in [2.05, 4.69) is 29.2 Å². The van der Waals surface area contributed by atoms with E-state index < -0.39 is 0 Å². The second-order valence-corrected chi connectivity index (χ2v) is 7.26. The number of hydrogen-bond donors (Lipinski definition) is 0. The Bertz CT molecular complexity index is 576. The number of rotatable bonds is 3. The first-order valence-electron chi connectivity index (χ1n) is 9.47. The first-order chi connectivity index (χ1) is 12.1. The van der Waals surface area contributed by atoms with Gasteiger partial charge >= 0.3 is 11.8 Å². The van der Waals surface area contributed by atoms with Gasteiger partial charge in [-0.25, -0.2) is 0 Å². The number of piperazine rings is 1. The lowest BCUT2D eigenvalue weighted by Gasteiger charge is -2.36. The minimum Gasteiger partial charge on any atom is -0.335 e. The fourth-order valence-corrected chi connectivity index (χ4v) is 3.87. The molecule has 0 atom stereocenters. The molecule has 5 nitrogen and oxygen atoms in total. The van der Waals surface area contributed by atoms with E-state index in [4.69, 9.17) is 0 Å². The Morgan fingerprint density at radius 2 is 1.64 bits per heavy atom. The number of likely N-dealkylation sites (N-methyl/N-ethyl adjacent to an activating group) is 1. The molecule has 1 aliphatic carbocycles. The summed E-state index contributed by atoms with van der Waals surface area (Å²) in [6, 6.07) is 10.6. The summed E-state index contributed by atoms with van der Waals surface area (Å²) in [5.41, 5.74) is 1.29. The molecule has 0 aromatic heterocycles. The van der Waals surface area contributed by atoms with Gasteiger partial charge in [-0.1, -0.05) is 49.6 Å². The average Bonchev–Trinajstić information content (AvgIpc) is 2.68. The SMILES string of the molecule is CN(C(=O)C(=O)N1CCN(Cc2ccccc2)CC1)C1CCCCC1. The normalized spacial score (nSPS) is 19.6. The van der Waals surface area contributed by atoms with Crippen molar-refractivity contribution >= 4 is 11.8 Å². The second-order valence-electron chi connectivity index (χ2n) is 7.26. The maximum atomic E-state index is 12.6. The number of carbonyl (C=O) groups is 2. The standard InChI is InChI=1S/C20H29N3O2/c1-21(18-10-6-3-7-11-18)19(24)20(25)23-14-12-22(13-15-23)16-17-8-4-2-5-9-17/h2,4-5,8-9,18H,3,6-7,10-16H2,1H3. The van der Waals surface area contributed by atoms with E-state index in [0.717, 1.165) is 45.3 Å². The summed E-state index contributed by atoms with van der Waals surface area (Å²) in [7, 11) is 1.79. The Morgan fingerprint density at radius 1 is 1.00 bits per heavy atom. The van der Waals surface area contributed by atoms with Gasteiger partial charge in [-0.15, -0.1) is 0 Å². The predicted octanol–water partition coefficient (Wildman–Crippen LogP) is 2.12. The summed E-state index contributed by atoms with van der Waals surface area (Å²) in [6.07, 6.45) is 5.62. The van der Waals surface area contributed by atoms with Gasteiger partial charge in [-0.2, -0.15) is 0 Å². The fourth-order valence-electron chi connectivity index (χ4n) is 3.87. The number of nitrogens with zero attached hydrogens (tertiary/aromatic N) is 3. The van der Waals surface area contributed by atoms with Crippen LogP contribution < -0.4 is 0 Å². The largest absolute Gasteiger partial charge is 0.335 e. The van der Waals surface area contributed by atoms with Crippen molar-refractivity contribution in [3.8, 4) is 0 Å². The summed E-state index contributed by atoms with van der Waals surface area (Å²) < 4.78 is 0. The molecule has 0 unspecified atom stereocenters. The molecule has 1 aromatic rings. The van der Waals surface area contributed by atoms with Crippen molar-refractivity contribution in [3.05, 3.63) is 35.9 Å². The van der Waals surface area contributed by atoms with E-state index >= 15 is 0 Å². The monoisotopic (exact) mass is 343 g/mol. The Balaban J connectivity index is 1.48. The zero-order chi connectivity index (χ0) is 17.6. The molecule has 2 fully saturated rings. The Morgan fingerprint density at radius 3 is 2.28 bits per heavy atom. The van der Waals surface area contributed by atoms with Crippen LogP contribution in [0, 0.1) is 0 Å². The molecular formula is C20H29N3O2. The molecule has 2 aliphatic rings. The van der Waals surface area contributed by atoms with Gasteiger partial charge in [0.05, 0.1) is 0 Å². The smallest absolute Gasteiger partial charge is 0.312 e. The van der Waals surface area contributed by atoms with E-state index in [1.54, 1.807) is 16.8 Å². The summed E-state index contributed by atoms with van der Waals surface area (Å²) in [5, 5.41) is 0. The quantitative estimate of drug-likeness (QED) is 0.790. The molecule has 3 rings (SSSR count). The van der Waals surface area contributed by atoms with Crippen LogP contribution in [-0.4, -0.2) is 65.8 Å². The minimum atomic E-state index is -0.330. The molecule has 0 radical (unpaired) electrons. The first-order valence-corrected chi connectivity index (χ1v) is 9.47. The van der Waals surface area contributed by atoms with Crippen LogP contribution in [0.15, 0.2) is 30.3 Å². The van der Waals surface area contributed by atoms with Crippen molar-refractivity contribution in [1.82, 2.24) is 14.7 Å². The van der Waals surface area contributed by atoms with Gasteiger partial charge in [0.2, 0.25) is 0 Å². The zero-order valence-electron chi connectivity index (χ0n) is 15.2. The number of carbonyl (C=O) groups excluding carboxylic acids is 2. The van der Waals surface area contributed by atoms with Gasteiger partial charge in [-0.3, -0.25) is 14.5 Å². The zero-order valence-corrected chi connectivity index (χ0v) is 15.2. The lowest BCUT2D eigenvalue weighted by atomic mass is 9.94. The molecule has 5 heteroatoms. The highest BCUT2D eigenvalue weighted by Crippen LogP contribution is 2.22. The van der Waals surface area contributed by atoms with Crippen LogP contribution in [0.2, 0.25) is 0 Å². The molecule has 0 bridgehead atoms. The first kappa shape index (κ1) is 17.9. The van der Waals surface area contributed by atoms with Gasteiger partial charge in [0.25, 0.3) is 0 Å². The van der Waals surface area contributed by atoms with Crippen LogP contribution in [0.5, 0.6) is 0 Å². The lowest BCUT2D eigenvalue weighted by Crippen LogP contribution is -2.54. The highest BCUT2D eigenvalue weighted by Gasteiger charge is 2.31. The van der Waals surface area contributed by atoms with Crippen molar-refractivity contribution in [3.63, 3.8) is 0 Å². The molecule has 1 saturated heterocycles. The lowest BCUT2D eigenvalue weighted by molar-refractivity contribution is -0.153. The van der Waals surface area contributed by atoms with Crippen LogP contribution in [0.4, 0.5) is 0 Å². The van der Waals surface area contributed by atoms with Crippen molar-refractivity contribution < 1.29 is 9.59 Å². The van der Waals surface area contributed by atoms with E-state index in [9.17, 15) is 9.59 Å². The van der Waals surface area contributed by atoms with E-state index in [0.29, 0.717) is 13.1 Å². The topological polar surface area (TPSA) is 43.9 Å². The third-order valence-corrected chi connectivity index (χ3v) is 5.53. The van der Waals surface area contributed by atoms with Gasteiger partial charge in [0.15, 0.2) is 0 Å². The third-order valence-electron chi connectivity index (χ3n) is 5.53. The Hall–Kier alpha value is -1.88.